The summed E-state index contributed by atoms with van der Waals surface area (Å²) < 4.78 is 9.33. The first-order chi connectivity index (χ1) is 6.43. The van der Waals surface area contributed by atoms with Crippen LogP contribution in [0.1, 0.15) is 6.92 Å². The molecule has 0 bridgehead atoms. The van der Waals surface area contributed by atoms with E-state index in [0.29, 0.717) is 0 Å². The van der Waals surface area contributed by atoms with Gasteiger partial charge in [0, 0.05) is 0 Å². The molecule has 0 aromatic rings. The minimum Gasteiger partial charge on any atom is -0.388 e. The summed E-state index contributed by atoms with van der Waals surface area (Å²) in [5.41, 5.74) is 0. The molecule has 1 heterocycles. The zero-order valence-electron chi connectivity index (χ0n) is 7.39. The van der Waals surface area contributed by atoms with Crippen LogP contribution in [0.3, 0.4) is 0 Å². The molecule has 1 unspecified atom stereocenters. The predicted molar refractivity (Wildman–Crippen MR) is 44.8 cm³/mol. The summed E-state index contributed by atoms with van der Waals surface area (Å²) in [5.74, 6) is 0. The molecule has 0 saturated carbocycles. The molecule has 1 fully saturated rings. The van der Waals surface area contributed by atoms with Gasteiger partial charge in [-0.3, -0.25) is 4.52 Å². The Morgan fingerprint density at radius 3 is 2.14 bits per heavy atom. The maximum Gasteiger partial charge on any atom is 0.329 e. The smallest absolute Gasteiger partial charge is 0.329 e. The van der Waals surface area contributed by atoms with Crippen molar-refractivity contribution in [2.24, 2.45) is 0 Å². The fraction of sp³-hybridized carbons (Fsp3) is 1.00. The Morgan fingerprint density at radius 1 is 1.07 bits per heavy atom. The van der Waals surface area contributed by atoms with Crippen molar-refractivity contribution >= 4 is 8.60 Å². The van der Waals surface area contributed by atoms with E-state index in [1.54, 1.807) is 0 Å². The maximum atomic E-state index is 9.30. The van der Waals surface area contributed by atoms with Gasteiger partial charge in [-0.1, -0.05) is 0 Å². The standard InChI is InChI=1S/C6H13O7P/c1-2-3(7)4(8)5(9)6(12-2)13-14(10)11/h2-11H,1H3/t2-,3+,4+,5-,6?/m1/s1. The van der Waals surface area contributed by atoms with Gasteiger partial charge in [0.2, 0.25) is 0 Å². The van der Waals surface area contributed by atoms with Gasteiger partial charge >= 0.3 is 8.60 Å². The number of aliphatic hydroxyl groups is 3. The Bertz CT molecular complexity index is 189. The van der Waals surface area contributed by atoms with Gasteiger partial charge in [0.1, 0.15) is 18.3 Å². The lowest BCUT2D eigenvalue weighted by Gasteiger charge is -2.38. The second kappa shape index (κ2) is 4.78. The second-order valence-corrected chi connectivity index (χ2v) is 3.76. The van der Waals surface area contributed by atoms with Gasteiger partial charge in [-0.15, -0.1) is 0 Å². The summed E-state index contributed by atoms with van der Waals surface area (Å²) in [4.78, 5) is 17.0. The average Bonchev–Trinajstić information content (AvgIpc) is 2.10. The summed E-state index contributed by atoms with van der Waals surface area (Å²) >= 11 is 0. The highest BCUT2D eigenvalue weighted by molar-refractivity contribution is 7.39. The maximum absolute atomic E-state index is 9.30. The van der Waals surface area contributed by atoms with Gasteiger partial charge in [-0.2, -0.15) is 0 Å². The quantitative estimate of drug-likeness (QED) is 0.348. The summed E-state index contributed by atoms with van der Waals surface area (Å²) in [7, 11) is -2.68. The van der Waals surface area contributed by atoms with Crippen LogP contribution >= 0.6 is 8.60 Å². The van der Waals surface area contributed by atoms with Crippen molar-refractivity contribution in [2.45, 2.75) is 37.6 Å². The molecule has 0 spiro atoms. The van der Waals surface area contributed by atoms with Crippen molar-refractivity contribution in [3.63, 3.8) is 0 Å². The van der Waals surface area contributed by atoms with Gasteiger partial charge in [-0.25, -0.2) is 0 Å². The van der Waals surface area contributed by atoms with Crippen molar-refractivity contribution in [3.05, 3.63) is 0 Å². The van der Waals surface area contributed by atoms with Crippen molar-refractivity contribution in [1.29, 1.82) is 0 Å². The molecule has 5 N–H and O–H groups in total. The number of hydrogen-bond acceptors (Lipinski definition) is 7. The van der Waals surface area contributed by atoms with Crippen LogP contribution in [0.25, 0.3) is 0 Å². The molecule has 5 atom stereocenters. The lowest BCUT2D eigenvalue weighted by molar-refractivity contribution is -0.269. The van der Waals surface area contributed by atoms with Crippen molar-refractivity contribution in [2.75, 3.05) is 0 Å². The van der Waals surface area contributed by atoms with Crippen LogP contribution in [-0.2, 0) is 9.26 Å². The zero-order chi connectivity index (χ0) is 10.9. The largest absolute Gasteiger partial charge is 0.388 e. The van der Waals surface area contributed by atoms with Gasteiger partial charge in [0.15, 0.2) is 6.29 Å². The lowest BCUT2D eigenvalue weighted by atomic mass is 10.0. The van der Waals surface area contributed by atoms with Gasteiger partial charge < -0.3 is 29.8 Å². The fourth-order valence-corrected chi connectivity index (χ4v) is 1.55. The third-order valence-corrected chi connectivity index (χ3v) is 2.40. The van der Waals surface area contributed by atoms with Crippen LogP contribution in [0, 0.1) is 0 Å². The Kier molecular flexibility index (Phi) is 4.17. The van der Waals surface area contributed by atoms with Gasteiger partial charge in [-0.05, 0) is 6.92 Å². The topological polar surface area (TPSA) is 120 Å². The Morgan fingerprint density at radius 2 is 1.64 bits per heavy atom. The van der Waals surface area contributed by atoms with E-state index < -0.39 is 39.3 Å². The molecule has 1 rings (SSSR count). The van der Waals surface area contributed by atoms with Crippen LogP contribution in [0.15, 0.2) is 0 Å². The first-order valence-electron chi connectivity index (χ1n) is 3.97. The minimum absolute atomic E-state index is 0.756. The molecule has 0 amide bonds. The van der Waals surface area contributed by atoms with E-state index in [4.69, 9.17) is 14.5 Å². The highest BCUT2D eigenvalue weighted by Gasteiger charge is 2.43. The molecule has 1 aliphatic rings. The molecule has 1 aliphatic heterocycles. The summed E-state index contributed by atoms with van der Waals surface area (Å²) in [6.07, 6.45) is -6.27. The van der Waals surface area contributed by atoms with Gasteiger partial charge in [0.05, 0.1) is 6.10 Å². The van der Waals surface area contributed by atoms with E-state index in [1.807, 2.05) is 0 Å². The van der Waals surface area contributed by atoms with E-state index in [-0.39, 0.29) is 0 Å². The van der Waals surface area contributed by atoms with Crippen LogP contribution < -0.4 is 0 Å². The molecule has 8 heteroatoms. The first-order valence-corrected chi connectivity index (χ1v) is 5.14. The molecule has 0 aromatic carbocycles. The SMILES string of the molecule is C[C@H]1OC(OP(O)O)[C@H](O)[C@@H](O)[C@H]1O. The Labute approximate surface area is 81.5 Å². The number of aliphatic hydroxyl groups excluding tert-OH is 3. The van der Waals surface area contributed by atoms with Crippen LogP contribution in [0.2, 0.25) is 0 Å². The molecule has 84 valence electrons. The van der Waals surface area contributed by atoms with Gasteiger partial charge in [0.25, 0.3) is 0 Å². The molecule has 0 aromatic heterocycles. The third-order valence-electron chi connectivity index (χ3n) is 2.01. The molecule has 0 aliphatic carbocycles. The molecule has 7 nitrogen and oxygen atoms in total. The molecular weight excluding hydrogens is 215 g/mol. The highest BCUT2D eigenvalue weighted by atomic mass is 31.2. The normalized spacial score (nSPS) is 44.4. The van der Waals surface area contributed by atoms with Crippen molar-refractivity contribution in [3.8, 4) is 0 Å². The van der Waals surface area contributed by atoms with Crippen molar-refractivity contribution in [1.82, 2.24) is 0 Å². The number of rotatable bonds is 2. The molecule has 14 heavy (non-hydrogen) atoms. The number of ether oxygens (including phenoxy) is 1. The molecule has 1 saturated heterocycles. The average molecular weight is 228 g/mol. The second-order valence-electron chi connectivity index (χ2n) is 3.04. The summed E-state index contributed by atoms with van der Waals surface area (Å²) in [5, 5.41) is 27.8. The monoisotopic (exact) mass is 228 g/mol. The minimum atomic E-state index is -2.68. The van der Waals surface area contributed by atoms with E-state index >= 15 is 0 Å². The van der Waals surface area contributed by atoms with E-state index in [9.17, 15) is 15.3 Å². The van der Waals surface area contributed by atoms with E-state index in [2.05, 4.69) is 4.52 Å². The van der Waals surface area contributed by atoms with E-state index in [0.717, 1.165) is 0 Å². The number of hydrogen-bond donors (Lipinski definition) is 5. The molecular formula is C6H13O7P. The zero-order valence-corrected chi connectivity index (χ0v) is 8.28. The van der Waals surface area contributed by atoms with Crippen LogP contribution in [0.5, 0.6) is 0 Å². The van der Waals surface area contributed by atoms with Crippen molar-refractivity contribution < 1.29 is 34.4 Å². The third kappa shape index (κ3) is 2.59. The Hall–Kier alpha value is 0.150. The lowest BCUT2D eigenvalue weighted by Crippen LogP contribution is -2.56. The first kappa shape index (κ1) is 12.2. The summed E-state index contributed by atoms with van der Waals surface area (Å²) in [6, 6.07) is 0. The predicted octanol–water partition coefficient (Wildman–Crippen LogP) is -1.96. The molecule has 0 radical (unpaired) electrons. The fourth-order valence-electron chi connectivity index (χ4n) is 1.19. The Balaban J connectivity index is 2.60. The summed E-state index contributed by atoms with van der Waals surface area (Å²) in [6.45, 7) is 1.47. The van der Waals surface area contributed by atoms with Crippen LogP contribution in [-0.4, -0.2) is 55.8 Å². The highest BCUT2D eigenvalue weighted by Crippen LogP contribution is 2.32. The van der Waals surface area contributed by atoms with Crippen LogP contribution in [0.4, 0.5) is 0 Å². The van der Waals surface area contributed by atoms with E-state index in [1.165, 1.54) is 6.92 Å².